The molecule has 0 saturated heterocycles. The molecule has 21 heavy (non-hydrogen) atoms. The van der Waals surface area contributed by atoms with Crippen LogP contribution in [0.3, 0.4) is 0 Å². The topological polar surface area (TPSA) is 17.8 Å². The van der Waals surface area contributed by atoms with E-state index >= 15 is 0 Å². The molecule has 0 saturated carbocycles. The van der Waals surface area contributed by atoms with Crippen molar-refractivity contribution in [3.8, 4) is 0 Å². The summed E-state index contributed by atoms with van der Waals surface area (Å²) in [5.74, 6) is 0.623. The van der Waals surface area contributed by atoms with E-state index in [0.29, 0.717) is 5.92 Å². The predicted molar refractivity (Wildman–Crippen MR) is 90.5 cm³/mol. The molecule has 1 aromatic rings. The fourth-order valence-electron chi connectivity index (χ4n) is 3.90. The second-order valence-corrected chi connectivity index (χ2v) is 8.73. The van der Waals surface area contributed by atoms with Crippen molar-refractivity contribution in [2.75, 3.05) is 0 Å². The Balaban J connectivity index is 2.43. The SMILES string of the molecule is Cc1cnn(C)c1C1CCC(C(C)(C)C)=C(C(C)(C)C)C1. The first-order chi connectivity index (χ1) is 9.51. The van der Waals surface area contributed by atoms with Gasteiger partial charge in [-0.15, -0.1) is 0 Å². The third-order valence-corrected chi connectivity index (χ3v) is 4.93. The molecule has 1 aromatic heterocycles. The lowest BCUT2D eigenvalue weighted by Crippen LogP contribution is -2.26. The van der Waals surface area contributed by atoms with E-state index < -0.39 is 0 Å². The summed E-state index contributed by atoms with van der Waals surface area (Å²) in [4.78, 5) is 0. The maximum absolute atomic E-state index is 4.45. The van der Waals surface area contributed by atoms with E-state index in [1.165, 1.54) is 30.5 Å². The van der Waals surface area contributed by atoms with Gasteiger partial charge in [0, 0.05) is 18.7 Å². The van der Waals surface area contributed by atoms with Crippen molar-refractivity contribution in [1.82, 2.24) is 9.78 Å². The van der Waals surface area contributed by atoms with Crippen LogP contribution in [0.5, 0.6) is 0 Å². The molecule has 2 rings (SSSR count). The lowest BCUT2D eigenvalue weighted by atomic mass is 9.66. The first kappa shape index (κ1) is 16.3. The van der Waals surface area contributed by atoms with Gasteiger partial charge < -0.3 is 0 Å². The largest absolute Gasteiger partial charge is 0.272 e. The Morgan fingerprint density at radius 3 is 2.05 bits per heavy atom. The first-order valence-corrected chi connectivity index (χ1v) is 8.23. The Labute approximate surface area is 130 Å². The zero-order valence-electron chi connectivity index (χ0n) is 15.2. The highest BCUT2D eigenvalue weighted by Gasteiger charge is 2.34. The summed E-state index contributed by atoms with van der Waals surface area (Å²) >= 11 is 0. The number of aromatic nitrogens is 2. The molecule has 1 atom stereocenters. The van der Waals surface area contributed by atoms with E-state index in [4.69, 9.17) is 0 Å². The van der Waals surface area contributed by atoms with Crippen molar-refractivity contribution < 1.29 is 0 Å². The summed E-state index contributed by atoms with van der Waals surface area (Å²) in [6.45, 7) is 16.4. The van der Waals surface area contributed by atoms with Gasteiger partial charge in [-0.1, -0.05) is 52.7 Å². The van der Waals surface area contributed by atoms with Crippen LogP contribution in [0, 0.1) is 17.8 Å². The van der Waals surface area contributed by atoms with Crippen molar-refractivity contribution >= 4 is 0 Å². The molecule has 0 fully saturated rings. The van der Waals surface area contributed by atoms with E-state index in [-0.39, 0.29) is 10.8 Å². The van der Waals surface area contributed by atoms with Crippen LogP contribution in [0.25, 0.3) is 0 Å². The average Bonchev–Trinajstić information content (AvgIpc) is 2.66. The highest BCUT2D eigenvalue weighted by Crippen LogP contribution is 2.48. The molecular weight excluding hydrogens is 256 g/mol. The van der Waals surface area contributed by atoms with Crippen molar-refractivity contribution in [2.24, 2.45) is 17.9 Å². The molecule has 118 valence electrons. The molecule has 2 heteroatoms. The van der Waals surface area contributed by atoms with E-state index in [0.717, 1.165) is 0 Å². The van der Waals surface area contributed by atoms with E-state index in [1.807, 2.05) is 6.20 Å². The third-order valence-electron chi connectivity index (χ3n) is 4.93. The highest BCUT2D eigenvalue weighted by molar-refractivity contribution is 5.32. The molecule has 1 unspecified atom stereocenters. The number of hydrogen-bond acceptors (Lipinski definition) is 1. The van der Waals surface area contributed by atoms with Gasteiger partial charge in [0.1, 0.15) is 0 Å². The average molecular weight is 288 g/mol. The maximum Gasteiger partial charge on any atom is 0.0521 e. The highest BCUT2D eigenvalue weighted by atomic mass is 15.3. The summed E-state index contributed by atoms with van der Waals surface area (Å²) in [5.41, 5.74) is 6.68. The molecule has 0 aliphatic heterocycles. The van der Waals surface area contributed by atoms with Crippen LogP contribution in [-0.4, -0.2) is 9.78 Å². The number of aryl methyl sites for hydroxylation is 2. The smallest absolute Gasteiger partial charge is 0.0521 e. The van der Waals surface area contributed by atoms with E-state index in [2.05, 4.69) is 65.3 Å². The molecule has 0 radical (unpaired) electrons. The van der Waals surface area contributed by atoms with Gasteiger partial charge in [-0.25, -0.2) is 0 Å². The van der Waals surface area contributed by atoms with Crippen LogP contribution in [0.15, 0.2) is 17.3 Å². The summed E-state index contributed by atoms with van der Waals surface area (Å²) in [7, 11) is 2.09. The minimum atomic E-state index is 0.258. The summed E-state index contributed by atoms with van der Waals surface area (Å²) < 4.78 is 2.09. The molecule has 0 bridgehead atoms. The zero-order valence-corrected chi connectivity index (χ0v) is 15.2. The number of allylic oxidation sites excluding steroid dienone is 2. The molecule has 1 aliphatic rings. The first-order valence-electron chi connectivity index (χ1n) is 8.23. The van der Waals surface area contributed by atoms with Crippen molar-refractivity contribution in [1.29, 1.82) is 0 Å². The van der Waals surface area contributed by atoms with Crippen LogP contribution in [0.2, 0.25) is 0 Å². The summed E-state index contributed by atoms with van der Waals surface area (Å²) in [6, 6.07) is 0. The van der Waals surface area contributed by atoms with Crippen LogP contribution in [0.1, 0.15) is 78.0 Å². The standard InChI is InChI=1S/C19H32N2/c1-13-12-20-21(8)17(13)14-9-10-15(18(2,3)4)16(11-14)19(5,6)7/h12,14H,9-11H2,1-8H3. The van der Waals surface area contributed by atoms with Gasteiger partial charge in [-0.3, -0.25) is 4.68 Å². The molecular formula is C19H32N2. The normalized spacial score (nSPS) is 21.0. The lowest BCUT2D eigenvalue weighted by molar-refractivity contribution is 0.367. The summed E-state index contributed by atoms with van der Waals surface area (Å²) in [6.07, 6.45) is 5.68. The maximum atomic E-state index is 4.45. The minimum Gasteiger partial charge on any atom is -0.272 e. The van der Waals surface area contributed by atoms with Gasteiger partial charge in [0.05, 0.1) is 6.20 Å². The molecule has 0 amide bonds. The fourth-order valence-corrected chi connectivity index (χ4v) is 3.90. The monoisotopic (exact) mass is 288 g/mol. The number of hydrogen-bond donors (Lipinski definition) is 0. The van der Waals surface area contributed by atoms with Gasteiger partial charge in [-0.05, 0) is 42.6 Å². The number of nitrogens with zero attached hydrogens (tertiary/aromatic N) is 2. The molecule has 2 nitrogen and oxygen atoms in total. The van der Waals surface area contributed by atoms with Gasteiger partial charge in [0.25, 0.3) is 0 Å². The summed E-state index contributed by atoms with van der Waals surface area (Å²) in [5, 5.41) is 4.45. The van der Waals surface area contributed by atoms with Crippen molar-refractivity contribution in [2.45, 2.75) is 73.6 Å². The van der Waals surface area contributed by atoms with Gasteiger partial charge in [-0.2, -0.15) is 5.10 Å². The Bertz CT molecular complexity index is 528. The van der Waals surface area contributed by atoms with Gasteiger partial charge >= 0.3 is 0 Å². The van der Waals surface area contributed by atoms with Crippen LogP contribution in [0.4, 0.5) is 0 Å². The Morgan fingerprint density at radius 1 is 1.05 bits per heavy atom. The molecule has 1 aliphatic carbocycles. The second-order valence-electron chi connectivity index (χ2n) is 8.73. The zero-order chi connectivity index (χ0) is 16.0. The van der Waals surface area contributed by atoms with E-state index in [1.54, 1.807) is 11.1 Å². The molecule has 0 aromatic carbocycles. The lowest BCUT2D eigenvalue weighted by Gasteiger charge is -2.39. The molecule has 1 heterocycles. The van der Waals surface area contributed by atoms with Crippen LogP contribution in [-0.2, 0) is 7.05 Å². The fraction of sp³-hybridized carbons (Fsp3) is 0.737. The van der Waals surface area contributed by atoms with Crippen LogP contribution >= 0.6 is 0 Å². The molecule has 0 N–H and O–H groups in total. The van der Waals surface area contributed by atoms with Crippen LogP contribution < -0.4 is 0 Å². The van der Waals surface area contributed by atoms with Crippen molar-refractivity contribution in [3.63, 3.8) is 0 Å². The van der Waals surface area contributed by atoms with Crippen molar-refractivity contribution in [3.05, 3.63) is 28.6 Å². The second kappa shape index (κ2) is 5.30. The third kappa shape index (κ3) is 3.25. The predicted octanol–water partition coefficient (Wildman–Crippen LogP) is 5.38. The van der Waals surface area contributed by atoms with Gasteiger partial charge in [0.15, 0.2) is 0 Å². The minimum absolute atomic E-state index is 0.258. The Hall–Kier alpha value is -1.05. The Morgan fingerprint density at radius 2 is 1.62 bits per heavy atom. The molecule has 0 spiro atoms. The quantitative estimate of drug-likeness (QED) is 0.634. The van der Waals surface area contributed by atoms with Gasteiger partial charge in [0.2, 0.25) is 0 Å². The Kier molecular flexibility index (Phi) is 4.12. The van der Waals surface area contributed by atoms with E-state index in [9.17, 15) is 0 Å². The number of rotatable bonds is 1.